The number of rotatable bonds is 11. The Morgan fingerprint density at radius 2 is 1.93 bits per heavy atom. The van der Waals surface area contributed by atoms with Crippen LogP contribution in [0.5, 0.6) is 0 Å². The number of carbonyl (C=O) groups is 2. The van der Waals surface area contributed by atoms with E-state index in [0.717, 1.165) is 37.1 Å². The van der Waals surface area contributed by atoms with Crippen LogP contribution in [0.4, 0.5) is 0 Å². The first-order chi connectivity index (χ1) is 14.6. The largest absolute Gasteiger partial charge is 0.461 e. The highest BCUT2D eigenvalue weighted by Crippen LogP contribution is 2.41. The lowest BCUT2D eigenvalue weighted by Gasteiger charge is -2.15. The minimum Gasteiger partial charge on any atom is -0.461 e. The molecule has 3 rings (SSSR count). The predicted octanol–water partition coefficient (Wildman–Crippen LogP) is 4.87. The zero-order chi connectivity index (χ0) is 21.5. The standard InChI is InChI=1S/C24H33N3O3/c1-4-7-8-17(5-2)16-25-23(28)19-11-13-20(14-12-19)27-22(18-9-10-18)15-21(26-27)24(29)30-6-3/h11-15,17-18H,4-10,16H2,1-3H3,(H,25,28). The Morgan fingerprint density at radius 1 is 1.20 bits per heavy atom. The van der Waals surface area contributed by atoms with Crippen molar-refractivity contribution in [1.82, 2.24) is 15.1 Å². The molecule has 6 heteroatoms. The molecular weight excluding hydrogens is 378 g/mol. The molecule has 1 saturated carbocycles. The Kier molecular flexibility index (Phi) is 7.66. The second-order valence-electron chi connectivity index (χ2n) is 8.03. The van der Waals surface area contributed by atoms with Crippen LogP contribution in [0.15, 0.2) is 30.3 Å². The number of benzene rings is 1. The van der Waals surface area contributed by atoms with Gasteiger partial charge in [0.25, 0.3) is 5.91 Å². The van der Waals surface area contributed by atoms with E-state index >= 15 is 0 Å². The highest BCUT2D eigenvalue weighted by atomic mass is 16.5. The van der Waals surface area contributed by atoms with Gasteiger partial charge in [0, 0.05) is 23.7 Å². The molecule has 1 heterocycles. The molecule has 0 radical (unpaired) electrons. The zero-order valence-corrected chi connectivity index (χ0v) is 18.3. The summed E-state index contributed by atoms with van der Waals surface area (Å²) in [6, 6.07) is 9.24. The monoisotopic (exact) mass is 411 g/mol. The molecule has 0 bridgehead atoms. The van der Waals surface area contributed by atoms with Crippen molar-refractivity contribution < 1.29 is 14.3 Å². The van der Waals surface area contributed by atoms with Gasteiger partial charge in [-0.1, -0.05) is 33.1 Å². The van der Waals surface area contributed by atoms with Crippen molar-refractivity contribution in [3.05, 3.63) is 47.3 Å². The predicted molar refractivity (Wildman–Crippen MR) is 117 cm³/mol. The lowest BCUT2D eigenvalue weighted by atomic mass is 9.99. The average Bonchev–Trinajstić information content (AvgIpc) is 3.52. The van der Waals surface area contributed by atoms with Crippen LogP contribution >= 0.6 is 0 Å². The van der Waals surface area contributed by atoms with Crippen LogP contribution in [-0.4, -0.2) is 34.8 Å². The summed E-state index contributed by atoms with van der Waals surface area (Å²) in [5.41, 5.74) is 2.84. The molecule has 2 aromatic rings. The van der Waals surface area contributed by atoms with Gasteiger partial charge in [0.05, 0.1) is 12.3 Å². The molecule has 162 valence electrons. The number of amides is 1. The van der Waals surface area contributed by atoms with Crippen LogP contribution in [0.2, 0.25) is 0 Å². The van der Waals surface area contributed by atoms with E-state index in [-0.39, 0.29) is 5.91 Å². The molecule has 6 nitrogen and oxygen atoms in total. The summed E-state index contributed by atoms with van der Waals surface area (Å²) in [4.78, 5) is 24.6. The maximum Gasteiger partial charge on any atom is 0.358 e. The van der Waals surface area contributed by atoms with Gasteiger partial charge < -0.3 is 10.1 Å². The third-order valence-electron chi connectivity index (χ3n) is 5.69. The molecule has 1 N–H and O–H groups in total. The third kappa shape index (κ3) is 5.49. The normalized spacial score (nSPS) is 14.4. The summed E-state index contributed by atoms with van der Waals surface area (Å²) in [6.07, 6.45) is 6.81. The topological polar surface area (TPSA) is 73.2 Å². The number of hydrogen-bond donors (Lipinski definition) is 1. The average molecular weight is 412 g/mol. The molecule has 1 atom stereocenters. The van der Waals surface area contributed by atoms with E-state index in [2.05, 4.69) is 24.3 Å². The van der Waals surface area contributed by atoms with Crippen LogP contribution < -0.4 is 5.32 Å². The first-order valence-corrected chi connectivity index (χ1v) is 11.2. The van der Waals surface area contributed by atoms with Gasteiger partial charge in [-0.05, 0) is 62.4 Å². The molecule has 0 saturated heterocycles. The van der Waals surface area contributed by atoms with Crippen molar-refractivity contribution in [2.75, 3.05) is 13.2 Å². The Bertz CT molecular complexity index is 853. The van der Waals surface area contributed by atoms with Crippen LogP contribution in [-0.2, 0) is 4.74 Å². The van der Waals surface area contributed by atoms with E-state index in [0.29, 0.717) is 36.2 Å². The quantitative estimate of drug-likeness (QED) is 0.535. The summed E-state index contributed by atoms with van der Waals surface area (Å²) >= 11 is 0. The van der Waals surface area contributed by atoms with Crippen LogP contribution in [0.1, 0.15) is 91.8 Å². The summed E-state index contributed by atoms with van der Waals surface area (Å²) in [5, 5.41) is 7.54. The molecule has 30 heavy (non-hydrogen) atoms. The summed E-state index contributed by atoms with van der Waals surface area (Å²) in [6.45, 7) is 7.19. The van der Waals surface area contributed by atoms with E-state index in [9.17, 15) is 9.59 Å². The molecule has 0 spiro atoms. The summed E-state index contributed by atoms with van der Waals surface area (Å²) < 4.78 is 6.90. The Balaban J connectivity index is 1.69. The second-order valence-corrected chi connectivity index (χ2v) is 8.03. The van der Waals surface area contributed by atoms with Crippen molar-refractivity contribution in [2.24, 2.45) is 5.92 Å². The van der Waals surface area contributed by atoms with Crippen molar-refractivity contribution >= 4 is 11.9 Å². The number of esters is 1. The van der Waals surface area contributed by atoms with Crippen molar-refractivity contribution in [3.63, 3.8) is 0 Å². The minimum absolute atomic E-state index is 0.0495. The molecular formula is C24H33N3O3. The molecule has 1 aromatic heterocycles. The van der Waals surface area contributed by atoms with E-state index in [1.165, 1.54) is 12.8 Å². The molecule has 1 aliphatic rings. The fourth-order valence-electron chi connectivity index (χ4n) is 3.61. The first-order valence-electron chi connectivity index (χ1n) is 11.2. The Labute approximate surface area is 179 Å². The fraction of sp³-hybridized carbons (Fsp3) is 0.542. The van der Waals surface area contributed by atoms with Crippen molar-refractivity contribution in [1.29, 1.82) is 0 Å². The summed E-state index contributed by atoms with van der Waals surface area (Å²) in [7, 11) is 0. The Hall–Kier alpha value is -2.63. The van der Waals surface area contributed by atoms with Crippen LogP contribution in [0.3, 0.4) is 0 Å². The number of ether oxygens (including phenoxy) is 1. The van der Waals surface area contributed by atoms with Gasteiger partial charge in [0.15, 0.2) is 5.69 Å². The Morgan fingerprint density at radius 3 is 2.53 bits per heavy atom. The van der Waals surface area contributed by atoms with Crippen molar-refractivity contribution in [2.45, 2.75) is 65.2 Å². The van der Waals surface area contributed by atoms with E-state index in [1.807, 2.05) is 35.0 Å². The molecule has 1 unspecified atom stereocenters. The minimum atomic E-state index is -0.400. The molecule has 1 amide bonds. The van der Waals surface area contributed by atoms with Crippen LogP contribution in [0, 0.1) is 5.92 Å². The van der Waals surface area contributed by atoms with Crippen molar-refractivity contribution in [3.8, 4) is 5.69 Å². The number of aromatic nitrogens is 2. The zero-order valence-electron chi connectivity index (χ0n) is 18.3. The number of unbranched alkanes of at least 4 members (excludes halogenated alkanes) is 1. The number of nitrogens with one attached hydrogen (secondary N) is 1. The number of carbonyl (C=O) groups excluding carboxylic acids is 2. The first kappa shape index (κ1) is 22.1. The lowest BCUT2D eigenvalue weighted by Crippen LogP contribution is -2.29. The molecule has 1 fully saturated rings. The number of hydrogen-bond acceptors (Lipinski definition) is 4. The van der Waals surface area contributed by atoms with E-state index in [4.69, 9.17) is 4.74 Å². The SMILES string of the molecule is CCCCC(CC)CNC(=O)c1ccc(-n2nc(C(=O)OCC)cc2C2CC2)cc1. The molecule has 1 aromatic carbocycles. The van der Waals surface area contributed by atoms with Gasteiger partial charge in [-0.15, -0.1) is 0 Å². The van der Waals surface area contributed by atoms with Gasteiger partial charge in [-0.3, -0.25) is 4.79 Å². The third-order valence-corrected chi connectivity index (χ3v) is 5.69. The van der Waals surface area contributed by atoms with Gasteiger partial charge in [-0.2, -0.15) is 5.10 Å². The fourth-order valence-corrected chi connectivity index (χ4v) is 3.61. The number of nitrogens with zero attached hydrogens (tertiary/aromatic N) is 2. The second kappa shape index (κ2) is 10.4. The van der Waals surface area contributed by atoms with Gasteiger partial charge in [0.2, 0.25) is 0 Å². The van der Waals surface area contributed by atoms with E-state index < -0.39 is 5.97 Å². The maximum atomic E-state index is 12.5. The smallest absolute Gasteiger partial charge is 0.358 e. The molecule has 1 aliphatic carbocycles. The van der Waals surface area contributed by atoms with Gasteiger partial charge in [0.1, 0.15) is 0 Å². The van der Waals surface area contributed by atoms with Gasteiger partial charge in [-0.25, -0.2) is 9.48 Å². The highest BCUT2D eigenvalue weighted by molar-refractivity contribution is 5.94. The van der Waals surface area contributed by atoms with Crippen LogP contribution in [0.25, 0.3) is 5.69 Å². The van der Waals surface area contributed by atoms with E-state index in [1.54, 1.807) is 6.92 Å². The lowest BCUT2D eigenvalue weighted by molar-refractivity contribution is 0.0518. The molecule has 0 aliphatic heterocycles. The maximum absolute atomic E-state index is 12.5. The highest BCUT2D eigenvalue weighted by Gasteiger charge is 2.30. The van der Waals surface area contributed by atoms with Gasteiger partial charge >= 0.3 is 5.97 Å². The summed E-state index contributed by atoms with van der Waals surface area (Å²) in [5.74, 6) is 0.506.